The van der Waals surface area contributed by atoms with E-state index in [0.29, 0.717) is 30.0 Å². The molecule has 2 aromatic rings. The van der Waals surface area contributed by atoms with E-state index in [4.69, 9.17) is 5.73 Å². The fourth-order valence-electron chi connectivity index (χ4n) is 3.99. The third-order valence-electron chi connectivity index (χ3n) is 5.46. The Morgan fingerprint density at radius 3 is 2.15 bits per heavy atom. The molecule has 0 atom stereocenters. The molecule has 5 nitrogen and oxygen atoms in total. The number of piperazine rings is 1. The number of nitrogens with zero attached hydrogens (tertiary/aromatic N) is 3. The highest BCUT2D eigenvalue weighted by Crippen LogP contribution is 2.28. The number of carbonyl (C=O) groups excluding carboxylic acids is 1. The van der Waals surface area contributed by atoms with E-state index in [1.54, 1.807) is 12.1 Å². The van der Waals surface area contributed by atoms with Gasteiger partial charge in [-0.05, 0) is 43.2 Å². The van der Waals surface area contributed by atoms with Gasteiger partial charge in [-0.1, -0.05) is 12.1 Å². The van der Waals surface area contributed by atoms with Gasteiger partial charge in [0.15, 0.2) is 0 Å². The number of rotatable bonds is 3. The summed E-state index contributed by atoms with van der Waals surface area (Å²) in [6.07, 6.45) is 2.12. The molecule has 0 radical (unpaired) electrons. The zero-order chi connectivity index (χ0) is 18.8. The highest BCUT2D eigenvalue weighted by atomic mass is 19.1. The van der Waals surface area contributed by atoms with Crippen LogP contribution in [0.3, 0.4) is 0 Å². The number of amides is 1. The smallest absolute Gasteiger partial charge is 0.256 e. The second-order valence-electron chi connectivity index (χ2n) is 7.20. The van der Waals surface area contributed by atoms with Crippen molar-refractivity contribution in [2.45, 2.75) is 12.8 Å². The maximum absolute atomic E-state index is 14.1. The molecule has 27 heavy (non-hydrogen) atoms. The molecule has 6 heteroatoms. The van der Waals surface area contributed by atoms with Gasteiger partial charge in [0.2, 0.25) is 0 Å². The van der Waals surface area contributed by atoms with Crippen LogP contribution >= 0.6 is 0 Å². The molecule has 0 spiro atoms. The van der Waals surface area contributed by atoms with Gasteiger partial charge in [0, 0.05) is 50.6 Å². The standard InChI is InChI=1S/C21H25FN4O/c22-18-5-1-2-6-20(18)25-13-11-24(12-14-25)19-8-7-16(23)15-17(19)21(27)26-9-3-4-10-26/h1-2,5-8,15H,3-4,9-14,23H2. The van der Waals surface area contributed by atoms with Crippen LogP contribution in [0.1, 0.15) is 23.2 Å². The lowest BCUT2D eigenvalue weighted by molar-refractivity contribution is 0.0793. The summed E-state index contributed by atoms with van der Waals surface area (Å²) in [7, 11) is 0. The molecule has 2 N–H and O–H groups in total. The molecule has 2 fully saturated rings. The molecular formula is C21H25FN4O. The highest BCUT2D eigenvalue weighted by molar-refractivity contribution is 6.01. The first-order valence-electron chi connectivity index (χ1n) is 9.57. The van der Waals surface area contributed by atoms with Crippen molar-refractivity contribution in [1.29, 1.82) is 0 Å². The van der Waals surface area contributed by atoms with Gasteiger partial charge in [0.1, 0.15) is 5.82 Å². The van der Waals surface area contributed by atoms with Crippen molar-refractivity contribution >= 4 is 23.0 Å². The first-order valence-corrected chi connectivity index (χ1v) is 9.57. The normalized spacial score (nSPS) is 17.4. The number of nitrogen functional groups attached to an aromatic ring is 1. The van der Waals surface area contributed by atoms with Crippen molar-refractivity contribution in [3.8, 4) is 0 Å². The van der Waals surface area contributed by atoms with Crippen LogP contribution in [0.4, 0.5) is 21.5 Å². The molecule has 4 rings (SSSR count). The Morgan fingerprint density at radius 2 is 1.48 bits per heavy atom. The molecule has 2 aromatic carbocycles. The van der Waals surface area contributed by atoms with Crippen molar-refractivity contribution in [1.82, 2.24) is 4.90 Å². The number of halogens is 1. The average molecular weight is 368 g/mol. The van der Waals surface area contributed by atoms with Crippen LogP contribution in [0.15, 0.2) is 42.5 Å². The second kappa shape index (κ2) is 7.47. The van der Waals surface area contributed by atoms with Crippen LogP contribution < -0.4 is 15.5 Å². The Kier molecular flexibility index (Phi) is 4.88. The van der Waals surface area contributed by atoms with Gasteiger partial charge >= 0.3 is 0 Å². The predicted octanol–water partition coefficient (Wildman–Crippen LogP) is 2.97. The molecule has 0 aromatic heterocycles. The molecule has 0 aliphatic carbocycles. The summed E-state index contributed by atoms with van der Waals surface area (Å²) in [6.45, 7) is 4.52. The Bertz CT molecular complexity index is 827. The molecule has 0 unspecified atom stereocenters. The van der Waals surface area contributed by atoms with Crippen molar-refractivity contribution in [3.63, 3.8) is 0 Å². The first kappa shape index (κ1) is 17.6. The maximum Gasteiger partial charge on any atom is 0.256 e. The van der Waals surface area contributed by atoms with Crippen LogP contribution in [0, 0.1) is 5.82 Å². The molecule has 2 aliphatic rings. The van der Waals surface area contributed by atoms with Gasteiger partial charge in [-0.2, -0.15) is 0 Å². The number of carbonyl (C=O) groups is 1. The van der Waals surface area contributed by atoms with Crippen LogP contribution in [0.25, 0.3) is 0 Å². The number of anilines is 3. The molecule has 142 valence electrons. The Labute approximate surface area is 159 Å². The van der Waals surface area contributed by atoms with Crippen LogP contribution in [0.2, 0.25) is 0 Å². The minimum absolute atomic E-state index is 0.0614. The maximum atomic E-state index is 14.1. The number of hydrogen-bond acceptors (Lipinski definition) is 4. The van der Waals surface area contributed by atoms with Crippen LogP contribution in [-0.2, 0) is 0 Å². The zero-order valence-electron chi connectivity index (χ0n) is 15.4. The summed E-state index contributed by atoms with van der Waals surface area (Å²) >= 11 is 0. The number of hydrogen-bond donors (Lipinski definition) is 1. The van der Waals surface area contributed by atoms with Gasteiger partial charge < -0.3 is 20.4 Å². The Hall–Kier alpha value is -2.76. The minimum atomic E-state index is -0.191. The third kappa shape index (κ3) is 3.56. The fourth-order valence-corrected chi connectivity index (χ4v) is 3.99. The fraction of sp³-hybridized carbons (Fsp3) is 0.381. The minimum Gasteiger partial charge on any atom is -0.399 e. The van der Waals surface area contributed by atoms with E-state index in [0.717, 1.165) is 44.7 Å². The molecular weight excluding hydrogens is 343 g/mol. The average Bonchev–Trinajstić information content (AvgIpc) is 3.23. The van der Waals surface area contributed by atoms with Crippen LogP contribution in [-0.4, -0.2) is 50.1 Å². The van der Waals surface area contributed by atoms with Gasteiger partial charge in [0.25, 0.3) is 5.91 Å². The highest BCUT2D eigenvalue weighted by Gasteiger charge is 2.26. The van der Waals surface area contributed by atoms with E-state index in [1.165, 1.54) is 6.07 Å². The van der Waals surface area contributed by atoms with Gasteiger partial charge in [0.05, 0.1) is 11.3 Å². The number of likely N-dealkylation sites (tertiary alicyclic amines) is 1. The molecule has 2 heterocycles. The summed E-state index contributed by atoms with van der Waals surface area (Å²) < 4.78 is 14.1. The topological polar surface area (TPSA) is 52.8 Å². The molecule has 2 saturated heterocycles. The van der Waals surface area contributed by atoms with Crippen molar-refractivity contribution in [2.24, 2.45) is 0 Å². The van der Waals surface area contributed by atoms with E-state index in [2.05, 4.69) is 9.80 Å². The Morgan fingerprint density at radius 1 is 0.852 bits per heavy atom. The summed E-state index contributed by atoms with van der Waals surface area (Å²) in [6, 6.07) is 12.5. The summed E-state index contributed by atoms with van der Waals surface area (Å²) in [5.74, 6) is -0.130. The molecule has 1 amide bonds. The number of nitrogens with two attached hydrogens (primary N) is 1. The molecule has 0 bridgehead atoms. The third-order valence-corrected chi connectivity index (χ3v) is 5.46. The van der Waals surface area contributed by atoms with Crippen molar-refractivity contribution in [2.75, 3.05) is 54.8 Å². The summed E-state index contributed by atoms with van der Waals surface area (Å²) in [5, 5.41) is 0. The van der Waals surface area contributed by atoms with E-state index in [9.17, 15) is 9.18 Å². The van der Waals surface area contributed by atoms with Gasteiger partial charge in [-0.15, -0.1) is 0 Å². The van der Waals surface area contributed by atoms with Crippen molar-refractivity contribution < 1.29 is 9.18 Å². The number of benzene rings is 2. The van der Waals surface area contributed by atoms with E-state index < -0.39 is 0 Å². The zero-order valence-corrected chi connectivity index (χ0v) is 15.4. The lowest BCUT2D eigenvalue weighted by atomic mass is 10.1. The summed E-state index contributed by atoms with van der Waals surface area (Å²) in [5.41, 5.74) is 8.82. The van der Waals surface area contributed by atoms with Gasteiger partial charge in [-0.25, -0.2) is 4.39 Å². The lowest BCUT2D eigenvalue weighted by Gasteiger charge is -2.38. The number of para-hydroxylation sites is 1. The van der Waals surface area contributed by atoms with Crippen LogP contribution in [0.5, 0.6) is 0 Å². The lowest BCUT2D eigenvalue weighted by Crippen LogP contribution is -2.47. The quantitative estimate of drug-likeness (QED) is 0.847. The first-order chi connectivity index (χ1) is 13.1. The molecule has 0 saturated carbocycles. The summed E-state index contributed by atoms with van der Waals surface area (Å²) in [4.78, 5) is 19.2. The molecule has 2 aliphatic heterocycles. The second-order valence-corrected chi connectivity index (χ2v) is 7.20. The van der Waals surface area contributed by atoms with E-state index in [-0.39, 0.29) is 11.7 Å². The monoisotopic (exact) mass is 368 g/mol. The van der Waals surface area contributed by atoms with E-state index in [1.807, 2.05) is 29.2 Å². The van der Waals surface area contributed by atoms with E-state index >= 15 is 0 Å². The SMILES string of the molecule is Nc1ccc(N2CCN(c3ccccc3F)CC2)c(C(=O)N2CCCC2)c1. The Balaban J connectivity index is 1.53. The van der Waals surface area contributed by atoms with Crippen molar-refractivity contribution in [3.05, 3.63) is 53.8 Å². The predicted molar refractivity (Wildman–Crippen MR) is 107 cm³/mol. The largest absolute Gasteiger partial charge is 0.399 e. The van der Waals surface area contributed by atoms with Gasteiger partial charge in [-0.3, -0.25) is 4.79 Å².